The fourth-order valence-corrected chi connectivity index (χ4v) is 2.60. The van der Waals surface area contributed by atoms with Crippen molar-refractivity contribution in [2.45, 2.75) is 51.1 Å². The van der Waals surface area contributed by atoms with Crippen LogP contribution in [0.5, 0.6) is 0 Å². The molecule has 0 nitrogen and oxygen atoms in total. The first kappa shape index (κ1) is 10.1. The van der Waals surface area contributed by atoms with Crippen molar-refractivity contribution in [3.63, 3.8) is 0 Å². The molecule has 0 N–H and O–H groups in total. The van der Waals surface area contributed by atoms with Crippen molar-refractivity contribution in [1.82, 2.24) is 0 Å². The Kier molecular flexibility index (Phi) is 2.59. The van der Waals surface area contributed by atoms with E-state index in [-0.39, 0.29) is 0 Å². The number of allylic oxidation sites excluding steroid dienone is 2. The van der Waals surface area contributed by atoms with E-state index in [4.69, 9.17) is 0 Å². The lowest BCUT2D eigenvalue weighted by Gasteiger charge is -2.15. The molecule has 0 aromatic heterocycles. The first-order valence-corrected chi connectivity index (χ1v) is 5.98. The highest BCUT2D eigenvalue weighted by Crippen LogP contribution is 2.58. The van der Waals surface area contributed by atoms with Crippen molar-refractivity contribution in [2.75, 3.05) is 0 Å². The largest absolute Gasteiger partial charge is 0.156 e. The maximum Gasteiger partial charge on any atom is 0.156 e. The molecule has 2 saturated carbocycles. The molecule has 3 atom stereocenters. The second-order valence-corrected chi connectivity index (χ2v) is 5.35. The molecule has 0 saturated heterocycles. The number of hydrogen-bond acceptors (Lipinski definition) is 0. The van der Waals surface area contributed by atoms with Gasteiger partial charge >= 0.3 is 0 Å². The van der Waals surface area contributed by atoms with E-state index in [2.05, 4.69) is 27.0 Å². The summed E-state index contributed by atoms with van der Waals surface area (Å²) in [6.45, 7) is 13.8. The van der Waals surface area contributed by atoms with E-state index in [1.54, 1.807) is 0 Å². The van der Waals surface area contributed by atoms with Gasteiger partial charge in [-0.15, -0.1) is 13.2 Å². The van der Waals surface area contributed by atoms with E-state index in [1.807, 2.05) is 0 Å². The van der Waals surface area contributed by atoms with E-state index in [0.717, 1.165) is 24.3 Å². The van der Waals surface area contributed by atoms with Crippen LogP contribution in [-0.2, 0) is 0 Å². The van der Waals surface area contributed by atoms with Crippen LogP contribution in [0.3, 0.4) is 0 Å². The van der Waals surface area contributed by atoms with Gasteiger partial charge in [0.1, 0.15) is 0 Å². The summed E-state index contributed by atoms with van der Waals surface area (Å²) in [5, 5.41) is 0. The average molecular weight is 188 g/mol. The third-order valence-electron chi connectivity index (χ3n) is 4.10. The van der Waals surface area contributed by atoms with Crippen LogP contribution in [-0.4, -0.2) is 6.71 Å². The minimum Gasteiger partial charge on any atom is -0.100 e. The van der Waals surface area contributed by atoms with E-state index in [1.165, 1.54) is 36.7 Å². The molecule has 3 unspecified atom stereocenters. The van der Waals surface area contributed by atoms with Gasteiger partial charge in [0, 0.05) is 0 Å². The van der Waals surface area contributed by atoms with Crippen LogP contribution in [0.4, 0.5) is 0 Å². The van der Waals surface area contributed by atoms with Crippen molar-refractivity contribution in [2.24, 2.45) is 5.92 Å². The third kappa shape index (κ3) is 1.97. The van der Waals surface area contributed by atoms with Crippen LogP contribution < -0.4 is 0 Å². The molecule has 2 aliphatic carbocycles. The molecule has 2 aliphatic rings. The summed E-state index contributed by atoms with van der Waals surface area (Å²) in [6, 6.07) is 0. The molecule has 0 aromatic rings. The summed E-state index contributed by atoms with van der Waals surface area (Å²) < 4.78 is 0. The Morgan fingerprint density at radius 3 is 2.00 bits per heavy atom. The fourth-order valence-electron chi connectivity index (χ4n) is 2.60. The molecule has 0 bridgehead atoms. The molecule has 0 spiro atoms. The minimum absolute atomic E-state index is 0.855. The second kappa shape index (κ2) is 3.60. The van der Waals surface area contributed by atoms with Crippen LogP contribution >= 0.6 is 0 Å². The average Bonchev–Trinajstić information content (AvgIpc) is 3.02. The van der Waals surface area contributed by atoms with Gasteiger partial charge in [0.05, 0.1) is 0 Å². The highest BCUT2D eigenvalue weighted by molar-refractivity contribution is 6.66. The zero-order valence-corrected chi connectivity index (χ0v) is 9.55. The van der Waals surface area contributed by atoms with Gasteiger partial charge in [-0.25, -0.2) is 0 Å². The summed E-state index contributed by atoms with van der Waals surface area (Å²) >= 11 is 0. The van der Waals surface area contributed by atoms with E-state index >= 15 is 0 Å². The molecule has 0 aromatic carbocycles. The Labute approximate surface area is 88.6 Å². The fraction of sp³-hybridized carbons (Fsp3) is 0.692. The zero-order valence-electron chi connectivity index (χ0n) is 9.55. The van der Waals surface area contributed by atoms with E-state index < -0.39 is 0 Å². The smallest absolute Gasteiger partial charge is 0.100 e. The molecule has 2 rings (SSSR count). The maximum absolute atomic E-state index is 4.11. The van der Waals surface area contributed by atoms with Gasteiger partial charge in [0.25, 0.3) is 0 Å². The maximum atomic E-state index is 4.11. The monoisotopic (exact) mass is 188 g/mol. The van der Waals surface area contributed by atoms with Gasteiger partial charge < -0.3 is 0 Å². The zero-order chi connectivity index (χ0) is 10.3. The van der Waals surface area contributed by atoms with Crippen LogP contribution in [0.25, 0.3) is 0 Å². The Morgan fingerprint density at radius 1 is 1.29 bits per heavy atom. The van der Waals surface area contributed by atoms with Crippen LogP contribution in [0.2, 0.25) is 18.0 Å². The molecule has 0 amide bonds. The van der Waals surface area contributed by atoms with E-state index in [0.29, 0.717) is 0 Å². The third-order valence-corrected chi connectivity index (χ3v) is 4.10. The van der Waals surface area contributed by atoms with Crippen molar-refractivity contribution >= 4 is 6.71 Å². The van der Waals surface area contributed by atoms with Crippen molar-refractivity contribution in [3.8, 4) is 0 Å². The molecule has 0 aliphatic heterocycles. The first-order valence-electron chi connectivity index (χ1n) is 5.98. The molecule has 0 heterocycles. The quantitative estimate of drug-likeness (QED) is 0.448. The lowest BCUT2D eigenvalue weighted by atomic mass is 9.37. The molecule has 0 radical (unpaired) electrons. The summed E-state index contributed by atoms with van der Waals surface area (Å²) in [4.78, 5) is 0. The predicted octanol–water partition coefficient (Wildman–Crippen LogP) is 4.19. The van der Waals surface area contributed by atoms with Gasteiger partial charge in [-0.05, 0) is 24.5 Å². The van der Waals surface area contributed by atoms with Gasteiger partial charge in [0.15, 0.2) is 6.71 Å². The standard InChI is InChI=1S/C13H21B/c1-5-9(2)8-14(12-6-10(12)3)13-7-11(13)4/h9,12-13H,3-8H2,1-2H3. The Bertz CT molecular complexity index is 244. The Balaban J connectivity index is 1.93. The van der Waals surface area contributed by atoms with Gasteiger partial charge in [-0.1, -0.05) is 43.7 Å². The van der Waals surface area contributed by atoms with Crippen molar-refractivity contribution < 1.29 is 0 Å². The predicted molar refractivity (Wildman–Crippen MR) is 65.0 cm³/mol. The number of hydrogen-bond donors (Lipinski definition) is 0. The van der Waals surface area contributed by atoms with Crippen molar-refractivity contribution in [3.05, 3.63) is 24.3 Å². The van der Waals surface area contributed by atoms with Crippen LogP contribution in [0.1, 0.15) is 33.1 Å². The summed E-state index contributed by atoms with van der Waals surface area (Å²) in [5.74, 6) is 2.59. The van der Waals surface area contributed by atoms with Crippen LogP contribution in [0.15, 0.2) is 24.3 Å². The number of rotatable bonds is 5. The first-order chi connectivity index (χ1) is 6.63. The molecule has 2 fully saturated rings. The van der Waals surface area contributed by atoms with Gasteiger partial charge in [-0.2, -0.15) is 0 Å². The molecular weight excluding hydrogens is 167 g/mol. The lowest BCUT2D eigenvalue weighted by molar-refractivity contribution is 0.616. The van der Waals surface area contributed by atoms with Gasteiger partial charge in [-0.3, -0.25) is 0 Å². The molecule has 1 heteroatoms. The normalized spacial score (nSPS) is 31.6. The van der Waals surface area contributed by atoms with Crippen LogP contribution in [0, 0.1) is 5.92 Å². The Morgan fingerprint density at radius 2 is 1.71 bits per heavy atom. The molecular formula is C13H21B. The highest BCUT2D eigenvalue weighted by atomic mass is 14.3. The van der Waals surface area contributed by atoms with Gasteiger partial charge in [0.2, 0.25) is 0 Å². The van der Waals surface area contributed by atoms with Crippen molar-refractivity contribution in [1.29, 1.82) is 0 Å². The van der Waals surface area contributed by atoms with E-state index in [9.17, 15) is 0 Å². The SMILES string of the molecule is C=C1CC1B(CC(C)CC)C1CC1=C. The summed E-state index contributed by atoms with van der Waals surface area (Å²) in [5.41, 5.74) is 3.00. The summed E-state index contributed by atoms with van der Waals surface area (Å²) in [7, 11) is 0. The molecule has 76 valence electrons. The Hall–Kier alpha value is -0.455. The second-order valence-electron chi connectivity index (χ2n) is 5.35. The molecule has 14 heavy (non-hydrogen) atoms. The lowest BCUT2D eigenvalue weighted by Crippen LogP contribution is -2.16. The topological polar surface area (TPSA) is 0 Å². The highest BCUT2D eigenvalue weighted by Gasteiger charge is 2.48. The minimum atomic E-state index is 0.855. The summed E-state index contributed by atoms with van der Waals surface area (Å²) in [6.07, 6.45) is 5.30.